The molecule has 0 aliphatic rings. The number of amides is 1. The topological polar surface area (TPSA) is 80.9 Å². The van der Waals surface area contributed by atoms with Crippen LogP contribution in [0.15, 0.2) is 34.7 Å². The fraction of sp³-hybridized carbons (Fsp3) is 0.357. The molecule has 0 radical (unpaired) electrons. The van der Waals surface area contributed by atoms with Crippen molar-refractivity contribution >= 4 is 58.3 Å². The minimum absolute atomic E-state index is 0. The van der Waals surface area contributed by atoms with Gasteiger partial charge in [0.2, 0.25) is 11.0 Å². The number of anilines is 1. The van der Waals surface area contributed by atoms with Gasteiger partial charge in [0.15, 0.2) is 4.34 Å². The first-order valence-electron chi connectivity index (χ1n) is 6.74. The molecule has 1 unspecified atom stereocenters. The van der Waals surface area contributed by atoms with Crippen LogP contribution in [-0.4, -0.2) is 34.2 Å². The Bertz CT molecular complexity index is 597. The smallest absolute Gasteiger partial charge is 0.243 e. The predicted molar refractivity (Wildman–Crippen MR) is 103 cm³/mol. The highest BCUT2D eigenvalue weighted by molar-refractivity contribution is 8.00. The van der Waals surface area contributed by atoms with Gasteiger partial charge in [-0.2, -0.15) is 11.8 Å². The van der Waals surface area contributed by atoms with Gasteiger partial charge in [-0.3, -0.25) is 10.1 Å². The van der Waals surface area contributed by atoms with Crippen LogP contribution >= 0.6 is 47.3 Å². The van der Waals surface area contributed by atoms with Gasteiger partial charge in [0.1, 0.15) is 0 Å². The highest BCUT2D eigenvalue weighted by Crippen LogP contribution is 2.28. The second-order valence-corrected chi connectivity index (χ2v) is 7.71. The van der Waals surface area contributed by atoms with Gasteiger partial charge in [0.25, 0.3) is 0 Å². The molecule has 3 N–H and O–H groups in total. The maximum atomic E-state index is 11.9. The molecule has 0 aliphatic heterocycles. The van der Waals surface area contributed by atoms with Crippen molar-refractivity contribution in [1.29, 1.82) is 0 Å². The minimum Gasteiger partial charge on any atom is -0.320 e. The summed E-state index contributed by atoms with van der Waals surface area (Å²) in [5, 5.41) is 11.3. The summed E-state index contributed by atoms with van der Waals surface area (Å²) in [5.74, 6) is 1.49. The van der Waals surface area contributed by atoms with Gasteiger partial charge in [-0.25, -0.2) is 0 Å². The number of benzene rings is 1. The first kappa shape index (κ1) is 20.2. The van der Waals surface area contributed by atoms with E-state index in [0.717, 1.165) is 15.8 Å². The Labute approximate surface area is 154 Å². The molecule has 0 saturated carbocycles. The van der Waals surface area contributed by atoms with Crippen molar-refractivity contribution in [2.75, 3.05) is 17.3 Å². The largest absolute Gasteiger partial charge is 0.320 e. The zero-order valence-corrected chi connectivity index (χ0v) is 15.9. The number of hydrogen-bond donors (Lipinski definition) is 2. The molecule has 2 rings (SSSR count). The van der Waals surface area contributed by atoms with E-state index >= 15 is 0 Å². The molecule has 2 aromatic rings. The molecule has 1 aromatic carbocycles. The summed E-state index contributed by atoms with van der Waals surface area (Å²) in [5.41, 5.74) is 7.05. The number of carbonyl (C=O) groups is 1. The Morgan fingerprint density at radius 1 is 1.35 bits per heavy atom. The quantitative estimate of drug-likeness (QED) is 0.531. The van der Waals surface area contributed by atoms with Crippen molar-refractivity contribution in [3.05, 3.63) is 35.9 Å². The summed E-state index contributed by atoms with van der Waals surface area (Å²) in [6.07, 6.45) is 2.65. The molecule has 1 heterocycles. The summed E-state index contributed by atoms with van der Waals surface area (Å²) in [6.45, 7) is 0. The Kier molecular flexibility index (Phi) is 9.57. The summed E-state index contributed by atoms with van der Waals surface area (Å²) in [4.78, 5) is 11.9. The number of halogens is 1. The Morgan fingerprint density at radius 2 is 2.09 bits per heavy atom. The SMILES string of the molecule is CSCCC(N)C(=O)Nc1nnc(SCc2ccccc2)s1.Cl. The van der Waals surface area contributed by atoms with Gasteiger partial charge in [-0.1, -0.05) is 53.4 Å². The Balaban J connectivity index is 0.00000264. The molecular weight excluding hydrogens is 372 g/mol. The van der Waals surface area contributed by atoms with Gasteiger partial charge < -0.3 is 5.73 Å². The van der Waals surface area contributed by atoms with E-state index < -0.39 is 6.04 Å². The molecule has 23 heavy (non-hydrogen) atoms. The second kappa shape index (κ2) is 10.9. The first-order valence-corrected chi connectivity index (χ1v) is 9.94. The van der Waals surface area contributed by atoms with Crippen LogP contribution in [0.1, 0.15) is 12.0 Å². The molecule has 0 saturated heterocycles. The molecule has 0 bridgehead atoms. The minimum atomic E-state index is -0.503. The maximum absolute atomic E-state index is 11.9. The molecule has 9 heteroatoms. The van der Waals surface area contributed by atoms with Crippen molar-refractivity contribution in [3.63, 3.8) is 0 Å². The summed E-state index contributed by atoms with van der Waals surface area (Å²) >= 11 is 4.65. The molecule has 1 amide bonds. The van der Waals surface area contributed by atoms with Crippen LogP contribution < -0.4 is 11.1 Å². The molecule has 1 aromatic heterocycles. The number of thioether (sulfide) groups is 2. The van der Waals surface area contributed by atoms with Gasteiger partial charge in [0, 0.05) is 5.75 Å². The zero-order valence-electron chi connectivity index (χ0n) is 12.6. The van der Waals surface area contributed by atoms with Crippen LogP contribution in [-0.2, 0) is 10.5 Å². The lowest BCUT2D eigenvalue weighted by Crippen LogP contribution is -2.36. The highest BCUT2D eigenvalue weighted by Gasteiger charge is 2.15. The van der Waals surface area contributed by atoms with E-state index in [9.17, 15) is 4.79 Å². The second-order valence-electron chi connectivity index (χ2n) is 4.52. The molecule has 0 spiro atoms. The standard InChI is InChI=1S/C14H18N4OS3.ClH/c1-20-8-7-11(15)12(19)16-13-17-18-14(22-13)21-9-10-5-3-2-4-6-10;/h2-6,11H,7-9,15H2,1H3,(H,16,17,19);1H. The van der Waals surface area contributed by atoms with Crippen LogP contribution in [0.3, 0.4) is 0 Å². The third-order valence-corrected chi connectivity index (χ3v) is 5.50. The number of nitrogens with zero attached hydrogens (tertiary/aromatic N) is 2. The van der Waals surface area contributed by atoms with Gasteiger partial charge >= 0.3 is 0 Å². The average molecular weight is 391 g/mol. The maximum Gasteiger partial charge on any atom is 0.243 e. The van der Waals surface area contributed by atoms with E-state index in [1.807, 2.05) is 24.5 Å². The average Bonchev–Trinajstić information content (AvgIpc) is 2.99. The van der Waals surface area contributed by atoms with Gasteiger partial charge in [-0.05, 0) is 24.0 Å². The van der Waals surface area contributed by atoms with E-state index in [2.05, 4.69) is 27.6 Å². The monoisotopic (exact) mass is 390 g/mol. The zero-order chi connectivity index (χ0) is 15.8. The molecule has 1 atom stereocenters. The van der Waals surface area contributed by atoms with Crippen molar-refractivity contribution in [3.8, 4) is 0 Å². The summed E-state index contributed by atoms with van der Waals surface area (Å²) in [7, 11) is 0. The van der Waals surface area contributed by atoms with E-state index in [1.54, 1.807) is 23.5 Å². The number of nitrogens with one attached hydrogen (secondary N) is 1. The Hall–Kier alpha value is -0.800. The van der Waals surface area contributed by atoms with Crippen molar-refractivity contribution in [1.82, 2.24) is 10.2 Å². The van der Waals surface area contributed by atoms with Crippen LogP contribution in [0.5, 0.6) is 0 Å². The fourth-order valence-electron chi connectivity index (χ4n) is 1.61. The number of aromatic nitrogens is 2. The van der Waals surface area contributed by atoms with Gasteiger partial charge in [-0.15, -0.1) is 22.6 Å². The first-order chi connectivity index (χ1) is 10.7. The number of rotatable bonds is 8. The van der Waals surface area contributed by atoms with Crippen molar-refractivity contribution in [2.45, 2.75) is 22.6 Å². The molecule has 0 aliphatic carbocycles. The van der Waals surface area contributed by atoms with E-state index in [1.165, 1.54) is 16.9 Å². The van der Waals surface area contributed by atoms with Crippen LogP contribution in [0.2, 0.25) is 0 Å². The third-order valence-electron chi connectivity index (χ3n) is 2.81. The fourth-order valence-corrected chi connectivity index (χ4v) is 3.81. The summed E-state index contributed by atoms with van der Waals surface area (Å²) < 4.78 is 0.830. The normalized spacial score (nSPS) is 11.6. The number of hydrogen-bond acceptors (Lipinski definition) is 7. The van der Waals surface area contributed by atoms with Crippen molar-refractivity contribution < 1.29 is 4.79 Å². The lowest BCUT2D eigenvalue weighted by molar-refractivity contribution is -0.117. The number of carbonyl (C=O) groups excluding carboxylic acids is 1. The van der Waals surface area contributed by atoms with Gasteiger partial charge in [0.05, 0.1) is 6.04 Å². The molecule has 0 fully saturated rings. The van der Waals surface area contributed by atoms with Crippen LogP contribution in [0.25, 0.3) is 0 Å². The predicted octanol–water partition coefficient (Wildman–Crippen LogP) is 3.27. The Morgan fingerprint density at radius 3 is 2.78 bits per heavy atom. The lowest BCUT2D eigenvalue weighted by atomic mass is 10.2. The number of nitrogens with two attached hydrogens (primary N) is 1. The molecule has 5 nitrogen and oxygen atoms in total. The lowest BCUT2D eigenvalue weighted by Gasteiger charge is -2.08. The summed E-state index contributed by atoms with van der Waals surface area (Å²) in [6, 6.07) is 9.65. The van der Waals surface area contributed by atoms with Crippen molar-refractivity contribution in [2.24, 2.45) is 5.73 Å². The van der Waals surface area contributed by atoms with E-state index in [4.69, 9.17) is 5.73 Å². The van der Waals surface area contributed by atoms with Crippen LogP contribution in [0.4, 0.5) is 5.13 Å². The third kappa shape index (κ3) is 7.09. The molecule has 126 valence electrons. The molecular formula is C14H19ClN4OS3. The van der Waals surface area contributed by atoms with E-state index in [0.29, 0.717) is 11.6 Å². The highest BCUT2D eigenvalue weighted by atomic mass is 35.5. The van der Waals surface area contributed by atoms with E-state index in [-0.39, 0.29) is 18.3 Å². The van der Waals surface area contributed by atoms with Crippen LogP contribution in [0, 0.1) is 0 Å².